The Morgan fingerprint density at radius 3 is 2.95 bits per heavy atom. The molecule has 0 aliphatic carbocycles. The molecule has 0 saturated carbocycles. The number of hydrogen-bond acceptors (Lipinski definition) is 3. The number of rotatable bonds is 1. The fourth-order valence-electron chi connectivity index (χ4n) is 2.76. The van der Waals surface area contributed by atoms with E-state index >= 15 is 0 Å². The van der Waals surface area contributed by atoms with E-state index in [1.807, 2.05) is 19.9 Å². The van der Waals surface area contributed by atoms with Gasteiger partial charge in [-0.25, -0.2) is 9.50 Å². The van der Waals surface area contributed by atoms with Gasteiger partial charge in [0.15, 0.2) is 5.65 Å². The average Bonchev–Trinajstić information content (AvgIpc) is 2.80. The number of nitrogens with zero attached hydrogens (tertiary/aromatic N) is 2. The molecule has 2 aromatic heterocycles. The van der Waals surface area contributed by atoms with Crippen LogP contribution in [-0.2, 0) is 0 Å². The second-order valence-electron chi connectivity index (χ2n) is 5.67. The van der Waals surface area contributed by atoms with E-state index in [0.29, 0.717) is 23.2 Å². The Kier molecular flexibility index (Phi) is 2.93. The van der Waals surface area contributed by atoms with E-state index < -0.39 is 0 Å². The van der Waals surface area contributed by atoms with E-state index in [9.17, 15) is 4.79 Å². The Labute approximate surface area is 112 Å². The Morgan fingerprint density at radius 1 is 1.42 bits per heavy atom. The smallest absolute Gasteiger partial charge is 0.275 e. The minimum atomic E-state index is -0.00221. The molecule has 0 amide bonds. The van der Waals surface area contributed by atoms with Crippen molar-refractivity contribution in [2.45, 2.75) is 39.7 Å². The van der Waals surface area contributed by atoms with E-state index in [2.05, 4.69) is 22.3 Å². The zero-order chi connectivity index (χ0) is 13.6. The lowest BCUT2D eigenvalue weighted by molar-refractivity contribution is 0.320. The Bertz CT molecular complexity index is 670. The fraction of sp³-hybridized carbons (Fsp3) is 0.571. The van der Waals surface area contributed by atoms with Crippen molar-refractivity contribution in [2.24, 2.45) is 5.92 Å². The van der Waals surface area contributed by atoms with E-state index in [1.54, 1.807) is 4.52 Å². The molecule has 0 bridgehead atoms. The van der Waals surface area contributed by atoms with Gasteiger partial charge in [-0.15, -0.1) is 0 Å². The molecule has 1 fully saturated rings. The fourth-order valence-corrected chi connectivity index (χ4v) is 2.76. The van der Waals surface area contributed by atoms with Gasteiger partial charge in [0.05, 0.1) is 5.69 Å². The molecule has 0 spiro atoms. The number of piperidine rings is 1. The number of H-pyrrole nitrogens is 1. The van der Waals surface area contributed by atoms with Gasteiger partial charge in [0.1, 0.15) is 0 Å². The van der Waals surface area contributed by atoms with Gasteiger partial charge in [-0.3, -0.25) is 9.89 Å². The van der Waals surface area contributed by atoms with Crippen LogP contribution in [0, 0.1) is 19.8 Å². The summed E-state index contributed by atoms with van der Waals surface area (Å²) in [5.74, 6) is 0.714. The molecule has 2 unspecified atom stereocenters. The quantitative estimate of drug-likeness (QED) is 0.820. The molecule has 1 saturated heterocycles. The molecule has 19 heavy (non-hydrogen) atoms. The van der Waals surface area contributed by atoms with Crippen LogP contribution in [0.25, 0.3) is 5.65 Å². The summed E-state index contributed by atoms with van der Waals surface area (Å²) in [6, 6.07) is 2.29. The number of hydrogen-bond donors (Lipinski definition) is 2. The second kappa shape index (κ2) is 4.49. The lowest BCUT2D eigenvalue weighted by Gasteiger charge is -2.27. The highest BCUT2D eigenvalue weighted by Gasteiger charge is 2.22. The van der Waals surface area contributed by atoms with E-state index in [0.717, 1.165) is 24.4 Å². The van der Waals surface area contributed by atoms with E-state index in [1.165, 1.54) is 6.42 Å². The highest BCUT2D eigenvalue weighted by Crippen LogP contribution is 2.26. The van der Waals surface area contributed by atoms with Crippen LogP contribution in [0.5, 0.6) is 0 Å². The molecule has 5 heteroatoms. The number of nitrogens with one attached hydrogen (secondary N) is 2. The summed E-state index contributed by atoms with van der Waals surface area (Å²) in [7, 11) is 0. The largest absolute Gasteiger partial charge is 0.309 e. The van der Waals surface area contributed by atoms with Crippen molar-refractivity contribution in [3.63, 3.8) is 0 Å². The summed E-state index contributed by atoms with van der Waals surface area (Å²) in [5.41, 5.74) is 3.28. The molecule has 0 radical (unpaired) electrons. The lowest BCUT2D eigenvalue weighted by Crippen LogP contribution is -2.31. The monoisotopic (exact) mass is 260 g/mol. The maximum atomic E-state index is 12.2. The first-order chi connectivity index (χ1) is 9.06. The molecule has 102 valence electrons. The van der Waals surface area contributed by atoms with Gasteiger partial charge >= 0.3 is 0 Å². The third-order valence-corrected chi connectivity index (χ3v) is 4.14. The first kappa shape index (κ1) is 12.4. The van der Waals surface area contributed by atoms with Gasteiger partial charge in [0.2, 0.25) is 0 Å². The van der Waals surface area contributed by atoms with Crippen LogP contribution in [0.4, 0.5) is 0 Å². The highest BCUT2D eigenvalue weighted by molar-refractivity contribution is 5.42. The molecule has 3 rings (SSSR count). The third kappa shape index (κ3) is 2.08. The molecule has 0 aromatic carbocycles. The van der Waals surface area contributed by atoms with Crippen LogP contribution in [0.2, 0.25) is 0 Å². The zero-order valence-electron chi connectivity index (χ0n) is 11.7. The van der Waals surface area contributed by atoms with E-state index in [-0.39, 0.29) is 5.56 Å². The van der Waals surface area contributed by atoms with Gasteiger partial charge in [0, 0.05) is 23.4 Å². The lowest BCUT2D eigenvalue weighted by atomic mass is 9.93. The normalized spacial score (nSPS) is 23.9. The van der Waals surface area contributed by atoms with Crippen molar-refractivity contribution in [1.29, 1.82) is 0 Å². The SMILES string of the molecule is Cc1nc2cc(C3CC(C)CCN3)[nH]n2c(=O)c1C. The van der Waals surface area contributed by atoms with Crippen molar-refractivity contribution in [2.75, 3.05) is 6.54 Å². The summed E-state index contributed by atoms with van der Waals surface area (Å²) in [6.07, 6.45) is 2.31. The van der Waals surface area contributed by atoms with Crippen molar-refractivity contribution in [3.05, 3.63) is 33.4 Å². The number of aromatic amines is 1. The Morgan fingerprint density at radius 2 is 2.21 bits per heavy atom. The maximum Gasteiger partial charge on any atom is 0.275 e. The number of aromatic nitrogens is 3. The van der Waals surface area contributed by atoms with E-state index in [4.69, 9.17) is 0 Å². The average molecular weight is 260 g/mol. The second-order valence-corrected chi connectivity index (χ2v) is 5.67. The predicted octanol–water partition coefficient (Wildman–Crippen LogP) is 1.70. The molecule has 2 atom stereocenters. The van der Waals surface area contributed by atoms with Crippen molar-refractivity contribution in [1.82, 2.24) is 19.9 Å². The van der Waals surface area contributed by atoms with Crippen LogP contribution in [0.15, 0.2) is 10.9 Å². The van der Waals surface area contributed by atoms with Crippen molar-refractivity contribution in [3.8, 4) is 0 Å². The minimum Gasteiger partial charge on any atom is -0.309 e. The van der Waals surface area contributed by atoms with Crippen molar-refractivity contribution < 1.29 is 0 Å². The first-order valence-electron chi connectivity index (χ1n) is 6.88. The molecular weight excluding hydrogens is 240 g/mol. The molecule has 1 aliphatic heterocycles. The van der Waals surface area contributed by atoms with Gasteiger partial charge in [-0.05, 0) is 39.2 Å². The topological polar surface area (TPSA) is 62.2 Å². The summed E-state index contributed by atoms with van der Waals surface area (Å²) < 4.78 is 1.55. The van der Waals surface area contributed by atoms with Crippen LogP contribution < -0.4 is 10.9 Å². The minimum absolute atomic E-state index is 0.00221. The van der Waals surface area contributed by atoms with Crippen LogP contribution in [0.3, 0.4) is 0 Å². The predicted molar refractivity (Wildman–Crippen MR) is 74.4 cm³/mol. The van der Waals surface area contributed by atoms with Gasteiger partial charge in [0.25, 0.3) is 5.56 Å². The zero-order valence-corrected chi connectivity index (χ0v) is 11.7. The van der Waals surface area contributed by atoms with Crippen molar-refractivity contribution >= 4 is 5.65 Å². The molecule has 1 aliphatic rings. The van der Waals surface area contributed by atoms with Gasteiger partial charge < -0.3 is 5.32 Å². The summed E-state index contributed by atoms with van der Waals surface area (Å²) in [4.78, 5) is 16.7. The molecule has 2 N–H and O–H groups in total. The molecule has 2 aromatic rings. The van der Waals surface area contributed by atoms with Gasteiger partial charge in [-0.1, -0.05) is 6.92 Å². The summed E-state index contributed by atoms with van der Waals surface area (Å²) in [5, 5.41) is 6.70. The molecular formula is C14H20N4O. The van der Waals surface area contributed by atoms with Crippen LogP contribution in [-0.4, -0.2) is 21.1 Å². The van der Waals surface area contributed by atoms with Crippen LogP contribution >= 0.6 is 0 Å². The Balaban J connectivity index is 2.07. The maximum absolute atomic E-state index is 12.2. The Hall–Kier alpha value is -1.62. The first-order valence-corrected chi connectivity index (χ1v) is 6.88. The standard InChI is InChI=1S/C14H20N4O/c1-8-4-5-15-11(6-8)12-7-13-16-10(3)9(2)14(19)18(13)17-12/h7-8,11,15,17H,4-6H2,1-3H3. The number of aryl methyl sites for hydroxylation is 1. The summed E-state index contributed by atoms with van der Waals surface area (Å²) >= 11 is 0. The molecule has 5 nitrogen and oxygen atoms in total. The highest BCUT2D eigenvalue weighted by atomic mass is 16.1. The number of fused-ring (bicyclic) bond motifs is 1. The van der Waals surface area contributed by atoms with Gasteiger partial charge in [-0.2, -0.15) is 0 Å². The van der Waals surface area contributed by atoms with Crippen LogP contribution in [0.1, 0.15) is 42.8 Å². The molecule has 3 heterocycles. The third-order valence-electron chi connectivity index (χ3n) is 4.14. The summed E-state index contributed by atoms with van der Waals surface area (Å²) in [6.45, 7) is 7.00.